The maximum Gasteiger partial charge on any atom is 0.237 e. The molecule has 1 fully saturated rings. The van der Waals surface area contributed by atoms with Crippen molar-refractivity contribution < 1.29 is 14.4 Å². The molecule has 0 aromatic heterocycles. The average Bonchev–Trinajstić information content (AvgIpc) is 2.60. The Morgan fingerprint density at radius 1 is 1.04 bits per heavy atom. The van der Waals surface area contributed by atoms with Crippen LogP contribution in [0.2, 0.25) is 5.02 Å². The zero-order valence-corrected chi connectivity index (χ0v) is 15.6. The highest BCUT2D eigenvalue weighted by Gasteiger charge is 2.40. The minimum Gasteiger partial charge on any atom is -0.351 e. The molecule has 0 spiro atoms. The largest absolute Gasteiger partial charge is 0.351 e. The van der Waals surface area contributed by atoms with Crippen LogP contribution in [0.5, 0.6) is 0 Å². The molecule has 0 aliphatic carbocycles. The number of benzene rings is 1. The first-order valence-corrected chi connectivity index (χ1v) is 8.67. The first kappa shape index (κ1) is 19.2. The fourth-order valence-corrected chi connectivity index (χ4v) is 2.85. The summed E-state index contributed by atoms with van der Waals surface area (Å²) in [6.07, 6.45) is 0. The highest BCUT2D eigenvalue weighted by Crippen LogP contribution is 2.21. The van der Waals surface area contributed by atoms with Gasteiger partial charge in [0, 0.05) is 44.7 Å². The van der Waals surface area contributed by atoms with Crippen LogP contribution >= 0.6 is 11.6 Å². The molecule has 1 heterocycles. The van der Waals surface area contributed by atoms with Gasteiger partial charge in [-0.1, -0.05) is 23.7 Å². The van der Waals surface area contributed by atoms with Crippen molar-refractivity contribution in [2.24, 2.45) is 5.41 Å². The van der Waals surface area contributed by atoms with Gasteiger partial charge >= 0.3 is 0 Å². The number of amides is 3. The van der Waals surface area contributed by atoms with Crippen molar-refractivity contribution in [1.29, 1.82) is 0 Å². The molecule has 0 unspecified atom stereocenters. The summed E-state index contributed by atoms with van der Waals surface area (Å²) in [6, 6.07) is 7.18. The van der Waals surface area contributed by atoms with Crippen LogP contribution in [0.3, 0.4) is 0 Å². The Morgan fingerprint density at radius 2 is 1.56 bits per heavy atom. The molecule has 1 aromatic carbocycles. The number of carbonyl (C=O) groups excluding carboxylic acids is 3. The highest BCUT2D eigenvalue weighted by molar-refractivity contribution is 6.30. The van der Waals surface area contributed by atoms with Gasteiger partial charge in [-0.15, -0.1) is 0 Å². The van der Waals surface area contributed by atoms with E-state index in [0.717, 1.165) is 5.56 Å². The topological polar surface area (TPSA) is 69.7 Å². The summed E-state index contributed by atoms with van der Waals surface area (Å²) in [5, 5.41) is 3.45. The Kier molecular flexibility index (Phi) is 6.06. The maximum atomic E-state index is 12.7. The Labute approximate surface area is 153 Å². The number of nitrogens with one attached hydrogen (secondary N) is 1. The van der Waals surface area contributed by atoms with E-state index in [1.807, 2.05) is 12.1 Å². The van der Waals surface area contributed by atoms with Crippen LogP contribution in [0.1, 0.15) is 26.3 Å². The summed E-state index contributed by atoms with van der Waals surface area (Å²) >= 11 is 5.84. The lowest BCUT2D eigenvalue weighted by molar-refractivity contribution is -0.151. The van der Waals surface area contributed by atoms with Crippen molar-refractivity contribution in [3.8, 4) is 0 Å². The minimum atomic E-state index is -1.16. The molecule has 6 nitrogen and oxygen atoms in total. The van der Waals surface area contributed by atoms with Crippen LogP contribution in [0, 0.1) is 5.41 Å². The molecular weight excluding hydrogens is 342 g/mol. The summed E-state index contributed by atoms with van der Waals surface area (Å²) in [5.41, 5.74) is -0.249. The molecule has 0 saturated carbocycles. The lowest BCUT2D eigenvalue weighted by atomic mass is 9.90. The molecular formula is C18H24ClN3O3. The third kappa shape index (κ3) is 4.72. The van der Waals surface area contributed by atoms with E-state index in [4.69, 9.17) is 11.6 Å². The first-order chi connectivity index (χ1) is 11.7. The van der Waals surface area contributed by atoms with Crippen LogP contribution in [-0.4, -0.2) is 53.7 Å². The molecule has 136 valence electrons. The lowest BCUT2D eigenvalue weighted by Gasteiger charge is -2.37. The van der Waals surface area contributed by atoms with Crippen LogP contribution in [0.25, 0.3) is 0 Å². The zero-order valence-electron chi connectivity index (χ0n) is 14.8. The smallest absolute Gasteiger partial charge is 0.237 e. The van der Waals surface area contributed by atoms with Gasteiger partial charge in [-0.2, -0.15) is 0 Å². The normalized spacial score (nSPS) is 15.0. The Hall–Kier alpha value is -2.08. The standard InChI is InChI=1S/C18H24ClN3O3/c1-13(23)21-8-10-22(11-9-21)17(25)18(2,3)16(24)20-12-14-4-6-15(19)7-5-14/h4-7H,8-12H2,1-3H3,(H,20,24). The predicted octanol–water partition coefficient (Wildman–Crippen LogP) is 1.67. The molecule has 1 saturated heterocycles. The molecule has 2 rings (SSSR count). The summed E-state index contributed by atoms with van der Waals surface area (Å²) in [6.45, 7) is 7.02. The number of carbonyl (C=O) groups is 3. The van der Waals surface area contributed by atoms with Crippen molar-refractivity contribution in [3.63, 3.8) is 0 Å². The summed E-state index contributed by atoms with van der Waals surface area (Å²) < 4.78 is 0. The average molecular weight is 366 g/mol. The van der Waals surface area contributed by atoms with E-state index in [1.165, 1.54) is 6.92 Å². The van der Waals surface area contributed by atoms with E-state index in [9.17, 15) is 14.4 Å². The van der Waals surface area contributed by atoms with E-state index in [2.05, 4.69) is 5.32 Å². The van der Waals surface area contributed by atoms with Gasteiger partial charge in [-0.05, 0) is 31.5 Å². The van der Waals surface area contributed by atoms with Crippen molar-refractivity contribution in [2.75, 3.05) is 26.2 Å². The second-order valence-electron chi connectivity index (χ2n) is 6.73. The Morgan fingerprint density at radius 3 is 2.08 bits per heavy atom. The molecule has 1 aliphatic heterocycles. The number of hydrogen-bond acceptors (Lipinski definition) is 3. The van der Waals surface area contributed by atoms with Crippen LogP contribution in [-0.2, 0) is 20.9 Å². The van der Waals surface area contributed by atoms with Gasteiger partial charge < -0.3 is 15.1 Å². The van der Waals surface area contributed by atoms with Gasteiger partial charge in [0.05, 0.1) is 0 Å². The van der Waals surface area contributed by atoms with Crippen molar-refractivity contribution in [1.82, 2.24) is 15.1 Å². The van der Waals surface area contributed by atoms with Crippen molar-refractivity contribution >= 4 is 29.3 Å². The molecule has 0 atom stereocenters. The number of hydrogen-bond donors (Lipinski definition) is 1. The van der Waals surface area contributed by atoms with Crippen LogP contribution < -0.4 is 5.32 Å². The summed E-state index contributed by atoms with van der Waals surface area (Å²) in [4.78, 5) is 40.0. The second kappa shape index (κ2) is 7.87. The number of piperazine rings is 1. The number of halogens is 1. The summed E-state index contributed by atoms with van der Waals surface area (Å²) in [7, 11) is 0. The molecule has 25 heavy (non-hydrogen) atoms. The Bertz CT molecular complexity index is 650. The highest BCUT2D eigenvalue weighted by atomic mass is 35.5. The zero-order chi connectivity index (χ0) is 18.6. The SMILES string of the molecule is CC(=O)N1CCN(C(=O)C(C)(C)C(=O)NCc2ccc(Cl)cc2)CC1. The van der Waals surface area contributed by atoms with Gasteiger partial charge in [0.25, 0.3) is 0 Å². The lowest BCUT2D eigenvalue weighted by Crippen LogP contribution is -2.56. The third-order valence-electron chi connectivity index (χ3n) is 4.48. The minimum absolute atomic E-state index is 0.00654. The fraction of sp³-hybridized carbons (Fsp3) is 0.500. The first-order valence-electron chi connectivity index (χ1n) is 8.29. The maximum absolute atomic E-state index is 12.7. The van der Waals surface area contributed by atoms with E-state index in [0.29, 0.717) is 37.7 Å². The fourth-order valence-electron chi connectivity index (χ4n) is 2.72. The second-order valence-corrected chi connectivity index (χ2v) is 7.17. The molecule has 3 amide bonds. The number of nitrogens with zero attached hydrogens (tertiary/aromatic N) is 2. The number of rotatable bonds is 4. The van der Waals surface area contributed by atoms with Crippen LogP contribution in [0.15, 0.2) is 24.3 Å². The quantitative estimate of drug-likeness (QED) is 0.825. The van der Waals surface area contributed by atoms with Gasteiger partial charge in [0.1, 0.15) is 5.41 Å². The third-order valence-corrected chi connectivity index (χ3v) is 4.73. The van der Waals surface area contributed by atoms with Crippen molar-refractivity contribution in [3.05, 3.63) is 34.9 Å². The van der Waals surface area contributed by atoms with E-state index in [1.54, 1.807) is 35.8 Å². The van der Waals surface area contributed by atoms with Gasteiger partial charge in [0.15, 0.2) is 0 Å². The molecule has 0 radical (unpaired) electrons. The summed E-state index contributed by atoms with van der Waals surface area (Å²) in [5.74, 6) is -0.530. The van der Waals surface area contributed by atoms with E-state index >= 15 is 0 Å². The van der Waals surface area contributed by atoms with Crippen molar-refractivity contribution in [2.45, 2.75) is 27.3 Å². The predicted molar refractivity (Wildman–Crippen MR) is 95.9 cm³/mol. The van der Waals surface area contributed by atoms with E-state index < -0.39 is 5.41 Å². The molecule has 1 aliphatic rings. The van der Waals surface area contributed by atoms with Crippen LogP contribution in [0.4, 0.5) is 0 Å². The molecule has 1 N–H and O–H groups in total. The Balaban J connectivity index is 1.92. The van der Waals surface area contributed by atoms with E-state index in [-0.39, 0.29) is 17.7 Å². The van der Waals surface area contributed by atoms with Gasteiger partial charge in [0.2, 0.25) is 17.7 Å². The molecule has 0 bridgehead atoms. The van der Waals surface area contributed by atoms with Gasteiger partial charge in [-0.25, -0.2) is 0 Å². The molecule has 1 aromatic rings. The molecule has 7 heteroatoms. The van der Waals surface area contributed by atoms with Gasteiger partial charge in [-0.3, -0.25) is 14.4 Å². The monoisotopic (exact) mass is 365 g/mol.